The summed E-state index contributed by atoms with van der Waals surface area (Å²) in [5, 5.41) is 3.16. The highest BCUT2D eigenvalue weighted by Gasteiger charge is 2.02. The molecule has 0 unspecified atom stereocenters. The van der Waals surface area contributed by atoms with Gasteiger partial charge in [-0.15, -0.1) is 0 Å². The molecule has 0 aliphatic carbocycles. The molecule has 0 aromatic heterocycles. The number of rotatable bonds is 19. The lowest BCUT2D eigenvalue weighted by molar-refractivity contribution is -0.119. The van der Waals surface area contributed by atoms with E-state index >= 15 is 0 Å². The molecule has 1 N–H and O–H groups in total. The number of carbonyl (C=O) groups excluding carboxylic acids is 2. The smallest absolute Gasteiger partial charge is 0.132 e. The molecular weight excluding hydrogens is 298 g/mol. The van der Waals surface area contributed by atoms with Crippen LogP contribution in [0.1, 0.15) is 110 Å². The summed E-state index contributed by atoms with van der Waals surface area (Å²) in [6, 6.07) is 0. The van der Waals surface area contributed by atoms with E-state index in [0.717, 1.165) is 45.1 Å². The largest absolute Gasteiger partial charge is 0.320 e. The zero-order chi connectivity index (χ0) is 17.9. The molecule has 0 aliphatic heterocycles. The van der Waals surface area contributed by atoms with Gasteiger partial charge in [0.2, 0.25) is 0 Å². The fraction of sp³-hybridized carbons (Fsp3) is 0.905. The lowest BCUT2D eigenvalue weighted by Crippen LogP contribution is -2.06. The average molecular weight is 340 g/mol. The van der Waals surface area contributed by atoms with Gasteiger partial charge in [0.05, 0.1) is 0 Å². The highest BCUT2D eigenvalue weighted by atomic mass is 16.1. The summed E-state index contributed by atoms with van der Waals surface area (Å²) in [5.41, 5.74) is 0. The van der Waals surface area contributed by atoms with Gasteiger partial charge in [0.25, 0.3) is 0 Å². The van der Waals surface area contributed by atoms with Gasteiger partial charge in [-0.25, -0.2) is 0 Å². The quantitative estimate of drug-likeness (QED) is 0.311. The zero-order valence-electron chi connectivity index (χ0n) is 16.3. The summed E-state index contributed by atoms with van der Waals surface area (Å²) in [6.45, 7) is 2.78. The van der Waals surface area contributed by atoms with Crippen molar-refractivity contribution in [3.05, 3.63) is 0 Å². The zero-order valence-corrected chi connectivity index (χ0v) is 16.3. The van der Waals surface area contributed by atoms with Crippen molar-refractivity contribution in [2.75, 3.05) is 13.6 Å². The van der Waals surface area contributed by atoms with E-state index in [2.05, 4.69) is 5.32 Å². The minimum Gasteiger partial charge on any atom is -0.320 e. The van der Waals surface area contributed by atoms with Crippen molar-refractivity contribution < 1.29 is 9.59 Å². The third kappa shape index (κ3) is 19.3. The van der Waals surface area contributed by atoms with E-state index < -0.39 is 0 Å². The fourth-order valence-corrected chi connectivity index (χ4v) is 3.04. The van der Waals surface area contributed by atoms with Gasteiger partial charge in [-0.3, -0.25) is 4.79 Å². The second kappa shape index (κ2) is 18.6. The maximum Gasteiger partial charge on any atom is 0.132 e. The molecule has 0 rings (SSSR count). The summed E-state index contributed by atoms with van der Waals surface area (Å²) >= 11 is 0. The molecule has 0 aromatic carbocycles. The molecule has 0 fully saturated rings. The van der Waals surface area contributed by atoms with E-state index in [1.54, 1.807) is 6.92 Å². The van der Waals surface area contributed by atoms with Crippen LogP contribution in [0, 0.1) is 0 Å². The van der Waals surface area contributed by atoms with Crippen LogP contribution in [0.25, 0.3) is 0 Å². The highest BCUT2D eigenvalue weighted by molar-refractivity contribution is 5.78. The lowest BCUT2D eigenvalue weighted by Gasteiger charge is -2.03. The Hall–Kier alpha value is -0.700. The minimum atomic E-state index is 0.313. The number of unbranched alkanes of at least 4 members (excludes halogenated alkanes) is 11. The molecule has 0 amide bonds. The molecule has 0 spiro atoms. The molecule has 0 saturated heterocycles. The van der Waals surface area contributed by atoms with Crippen molar-refractivity contribution in [1.82, 2.24) is 5.32 Å². The van der Waals surface area contributed by atoms with Crippen LogP contribution in [0.3, 0.4) is 0 Å². The van der Waals surface area contributed by atoms with Crippen LogP contribution >= 0.6 is 0 Å². The average Bonchev–Trinajstić information content (AvgIpc) is 2.55. The Balaban J connectivity index is 3.16. The summed E-state index contributed by atoms with van der Waals surface area (Å²) in [7, 11) is 2.00. The van der Waals surface area contributed by atoms with Crippen LogP contribution in [0.4, 0.5) is 0 Å². The van der Waals surface area contributed by atoms with Crippen molar-refractivity contribution in [2.24, 2.45) is 0 Å². The number of nitrogens with one attached hydrogen (secondary N) is 1. The topological polar surface area (TPSA) is 46.2 Å². The molecule has 3 nitrogen and oxygen atoms in total. The van der Waals surface area contributed by atoms with Gasteiger partial charge in [-0.2, -0.15) is 0 Å². The first-order chi connectivity index (χ1) is 11.7. The predicted molar refractivity (Wildman–Crippen MR) is 103 cm³/mol. The first kappa shape index (κ1) is 23.3. The molecule has 0 aliphatic rings. The number of Topliss-reactive ketones (excluding diaryl/α,β-unsaturated/α-hetero) is 2. The lowest BCUT2D eigenvalue weighted by atomic mass is 10.0. The molecule has 0 radical (unpaired) electrons. The van der Waals surface area contributed by atoms with Crippen molar-refractivity contribution in [3.63, 3.8) is 0 Å². The van der Waals surface area contributed by atoms with Crippen molar-refractivity contribution in [3.8, 4) is 0 Å². The molecule has 0 aromatic rings. The first-order valence-corrected chi connectivity index (χ1v) is 10.3. The Morgan fingerprint density at radius 1 is 0.583 bits per heavy atom. The van der Waals surface area contributed by atoms with Gasteiger partial charge < -0.3 is 10.1 Å². The second-order valence-electron chi connectivity index (χ2n) is 7.19. The van der Waals surface area contributed by atoms with E-state index in [4.69, 9.17) is 0 Å². The standard InChI is InChI=1S/C21H41NO2/c1-20(23)16-12-8-5-3-4-6-9-13-17-21(24)18-14-10-7-11-15-19-22-2/h22H,3-19H2,1-2H3. The summed E-state index contributed by atoms with van der Waals surface area (Å²) in [4.78, 5) is 22.6. The van der Waals surface area contributed by atoms with Crippen molar-refractivity contribution in [2.45, 2.75) is 110 Å². The Labute approximate surface area is 150 Å². The molecule has 0 atom stereocenters. The highest BCUT2D eigenvalue weighted by Crippen LogP contribution is 2.12. The predicted octanol–water partition coefficient (Wildman–Crippen LogP) is 5.61. The van der Waals surface area contributed by atoms with Crippen LogP contribution in [-0.4, -0.2) is 25.2 Å². The molecule has 142 valence electrons. The summed E-state index contributed by atoms with van der Waals surface area (Å²) < 4.78 is 0. The number of carbonyl (C=O) groups is 2. The van der Waals surface area contributed by atoms with E-state index in [0.29, 0.717) is 11.6 Å². The Kier molecular flexibility index (Phi) is 18.1. The minimum absolute atomic E-state index is 0.313. The maximum absolute atomic E-state index is 11.8. The molecule has 0 saturated carbocycles. The van der Waals surface area contributed by atoms with E-state index in [9.17, 15) is 9.59 Å². The molecular formula is C21H41NO2. The van der Waals surface area contributed by atoms with Crippen molar-refractivity contribution >= 4 is 11.6 Å². The van der Waals surface area contributed by atoms with Gasteiger partial charge in [-0.1, -0.05) is 57.8 Å². The van der Waals surface area contributed by atoms with E-state index in [1.165, 1.54) is 64.2 Å². The van der Waals surface area contributed by atoms with Gasteiger partial charge in [-0.05, 0) is 46.2 Å². The normalized spacial score (nSPS) is 10.9. The second-order valence-corrected chi connectivity index (χ2v) is 7.19. The van der Waals surface area contributed by atoms with Crippen LogP contribution in [0.5, 0.6) is 0 Å². The fourth-order valence-electron chi connectivity index (χ4n) is 3.04. The van der Waals surface area contributed by atoms with E-state index in [-0.39, 0.29) is 0 Å². The third-order valence-corrected chi connectivity index (χ3v) is 4.62. The van der Waals surface area contributed by atoms with Crippen LogP contribution < -0.4 is 5.32 Å². The van der Waals surface area contributed by atoms with Gasteiger partial charge in [0, 0.05) is 19.3 Å². The molecule has 0 heterocycles. The molecule has 0 bridgehead atoms. The number of hydrogen-bond acceptors (Lipinski definition) is 3. The maximum atomic E-state index is 11.8. The van der Waals surface area contributed by atoms with Gasteiger partial charge in [0.15, 0.2) is 0 Å². The van der Waals surface area contributed by atoms with E-state index in [1.807, 2.05) is 7.05 Å². The third-order valence-electron chi connectivity index (χ3n) is 4.62. The monoisotopic (exact) mass is 339 g/mol. The molecule has 3 heteroatoms. The Morgan fingerprint density at radius 3 is 1.38 bits per heavy atom. The number of hydrogen-bond donors (Lipinski definition) is 1. The molecule has 24 heavy (non-hydrogen) atoms. The first-order valence-electron chi connectivity index (χ1n) is 10.3. The van der Waals surface area contributed by atoms with Crippen LogP contribution in [-0.2, 0) is 9.59 Å². The Morgan fingerprint density at radius 2 is 0.958 bits per heavy atom. The summed E-state index contributed by atoms with van der Waals surface area (Å²) in [5.74, 6) is 0.780. The van der Waals surface area contributed by atoms with Crippen molar-refractivity contribution in [1.29, 1.82) is 0 Å². The Bertz CT molecular complexity index is 302. The number of ketones is 2. The van der Waals surface area contributed by atoms with Gasteiger partial charge in [0.1, 0.15) is 11.6 Å². The van der Waals surface area contributed by atoms with Crippen LogP contribution in [0.2, 0.25) is 0 Å². The van der Waals surface area contributed by atoms with Crippen LogP contribution in [0.15, 0.2) is 0 Å². The SMILES string of the molecule is CNCCCCCCCC(=O)CCCCCCCCCCC(C)=O. The van der Waals surface area contributed by atoms with Gasteiger partial charge >= 0.3 is 0 Å². The summed E-state index contributed by atoms with van der Waals surface area (Å²) in [6.07, 6.45) is 18.0.